The van der Waals surface area contributed by atoms with Gasteiger partial charge >= 0.3 is 19.8 Å². The summed E-state index contributed by atoms with van der Waals surface area (Å²) in [6, 6.07) is 0. The summed E-state index contributed by atoms with van der Waals surface area (Å²) in [4.78, 5) is 34.7. The van der Waals surface area contributed by atoms with Gasteiger partial charge in [-0.25, -0.2) is 4.57 Å². The van der Waals surface area contributed by atoms with Crippen LogP contribution in [0.5, 0.6) is 0 Å². The van der Waals surface area contributed by atoms with Crippen molar-refractivity contribution in [3.05, 3.63) is 12.2 Å². The van der Waals surface area contributed by atoms with E-state index in [0.717, 1.165) is 57.8 Å². The molecule has 0 aliphatic carbocycles. The summed E-state index contributed by atoms with van der Waals surface area (Å²) in [7, 11) is -4.37. The van der Waals surface area contributed by atoms with Crippen LogP contribution >= 0.6 is 7.82 Å². The summed E-state index contributed by atoms with van der Waals surface area (Å²) in [5, 5.41) is 0. The molecule has 0 aliphatic rings. The molecule has 0 aliphatic heterocycles. The number of hydrogen-bond donors (Lipinski definition) is 2. The second-order valence-corrected chi connectivity index (χ2v) is 15.0. The molecule has 2 atom stereocenters. The predicted octanol–water partition coefficient (Wildman–Crippen LogP) is 11.1. The van der Waals surface area contributed by atoms with Crippen LogP contribution in [0.15, 0.2) is 12.2 Å². The van der Waals surface area contributed by atoms with Gasteiger partial charge in [-0.05, 0) is 32.1 Å². The molecule has 0 heterocycles. The third-order valence-electron chi connectivity index (χ3n) is 8.65. The zero-order valence-electron chi connectivity index (χ0n) is 31.7. The summed E-state index contributed by atoms with van der Waals surface area (Å²) in [6.45, 7) is 3.69. The van der Waals surface area contributed by atoms with E-state index in [1.165, 1.54) is 103 Å². The van der Waals surface area contributed by atoms with Crippen LogP contribution in [-0.4, -0.2) is 49.3 Å². The predicted molar refractivity (Wildman–Crippen MR) is 201 cm³/mol. The van der Waals surface area contributed by atoms with Gasteiger partial charge in [0.1, 0.15) is 6.61 Å². The number of rotatable bonds is 38. The Labute approximate surface area is 300 Å². The van der Waals surface area contributed by atoms with Crippen LogP contribution in [0.3, 0.4) is 0 Å². The van der Waals surface area contributed by atoms with Crippen LogP contribution in [0.25, 0.3) is 0 Å². The van der Waals surface area contributed by atoms with E-state index in [4.69, 9.17) is 24.3 Å². The molecule has 0 spiro atoms. The number of hydrogen-bond acceptors (Lipinski definition) is 8. The molecule has 0 saturated carbocycles. The topological polar surface area (TPSA) is 134 Å². The summed E-state index contributed by atoms with van der Waals surface area (Å²) >= 11 is 0. The minimum absolute atomic E-state index is 0.0546. The first-order chi connectivity index (χ1) is 23.8. The Bertz CT molecular complexity index is 825. The lowest BCUT2D eigenvalue weighted by molar-refractivity contribution is -0.161. The van der Waals surface area contributed by atoms with Crippen LogP contribution in [-0.2, 0) is 32.7 Å². The molecule has 0 bridgehead atoms. The first-order valence-corrected chi connectivity index (χ1v) is 21.7. The van der Waals surface area contributed by atoms with Crippen LogP contribution < -0.4 is 5.73 Å². The SMILES string of the molecule is CCCCC=CCCCCCCCC(=O)OC(COC(=O)CCCCCCCCCCCCCCCCCCC)COP(=O)(O)OCCN. The van der Waals surface area contributed by atoms with Crippen molar-refractivity contribution in [1.82, 2.24) is 0 Å². The van der Waals surface area contributed by atoms with E-state index in [1.807, 2.05) is 0 Å². The van der Waals surface area contributed by atoms with Crippen LogP contribution in [0.1, 0.15) is 194 Å². The fourth-order valence-corrected chi connectivity index (χ4v) is 6.38. The number of unbranched alkanes of at least 4 members (excludes halogenated alkanes) is 23. The Morgan fingerprint density at radius 3 is 1.51 bits per heavy atom. The standard InChI is InChI=1S/C39H76NO8P/c1-3-5-7-9-11-13-15-16-17-18-19-20-22-23-25-27-29-31-38(41)45-35-37(36-47-49(43,44)46-34-33-40)48-39(42)32-30-28-26-24-21-14-12-10-8-6-4-2/h10,12,37H,3-9,11,13-36,40H2,1-2H3,(H,43,44). The van der Waals surface area contributed by atoms with Crippen molar-refractivity contribution in [2.75, 3.05) is 26.4 Å². The molecule has 0 rings (SSSR count). The van der Waals surface area contributed by atoms with Gasteiger partial charge in [0.25, 0.3) is 0 Å². The molecule has 0 aromatic carbocycles. The van der Waals surface area contributed by atoms with Crippen LogP contribution in [0.4, 0.5) is 0 Å². The van der Waals surface area contributed by atoms with Crippen molar-refractivity contribution < 1.29 is 37.6 Å². The summed E-state index contributed by atoms with van der Waals surface area (Å²) < 4.78 is 32.7. The van der Waals surface area contributed by atoms with Gasteiger partial charge in [0.15, 0.2) is 6.10 Å². The number of allylic oxidation sites excluding steroid dienone is 2. The first-order valence-electron chi connectivity index (χ1n) is 20.2. The Kier molecular flexibility index (Phi) is 35.6. The fraction of sp³-hybridized carbons (Fsp3) is 0.897. The van der Waals surface area contributed by atoms with Gasteiger partial charge < -0.3 is 20.1 Å². The van der Waals surface area contributed by atoms with E-state index in [9.17, 15) is 19.0 Å². The highest BCUT2D eigenvalue weighted by Gasteiger charge is 2.26. The number of phosphoric ester groups is 1. The fourth-order valence-electron chi connectivity index (χ4n) is 5.62. The number of carbonyl (C=O) groups is 2. The lowest BCUT2D eigenvalue weighted by Gasteiger charge is -2.19. The maximum Gasteiger partial charge on any atom is 0.472 e. The van der Waals surface area contributed by atoms with E-state index in [0.29, 0.717) is 6.42 Å². The molecule has 0 saturated heterocycles. The number of carbonyl (C=O) groups excluding carboxylic acids is 2. The largest absolute Gasteiger partial charge is 0.472 e. The second kappa shape index (κ2) is 36.5. The summed E-state index contributed by atoms with van der Waals surface area (Å²) in [5.74, 6) is -0.832. The van der Waals surface area contributed by atoms with Crippen molar-refractivity contribution in [3.63, 3.8) is 0 Å². The summed E-state index contributed by atoms with van der Waals surface area (Å²) in [5.41, 5.74) is 5.33. The lowest BCUT2D eigenvalue weighted by atomic mass is 10.0. The molecular weight excluding hydrogens is 641 g/mol. The van der Waals surface area contributed by atoms with Gasteiger partial charge in [-0.2, -0.15) is 0 Å². The zero-order valence-corrected chi connectivity index (χ0v) is 32.6. The minimum Gasteiger partial charge on any atom is -0.462 e. The second-order valence-electron chi connectivity index (χ2n) is 13.5. The third kappa shape index (κ3) is 36.3. The third-order valence-corrected chi connectivity index (χ3v) is 9.64. The van der Waals surface area contributed by atoms with Crippen LogP contribution in [0.2, 0.25) is 0 Å². The maximum absolute atomic E-state index is 12.5. The normalized spacial score (nSPS) is 13.5. The molecule has 49 heavy (non-hydrogen) atoms. The first kappa shape index (κ1) is 47.8. The molecule has 0 radical (unpaired) electrons. The summed E-state index contributed by atoms with van der Waals surface area (Å²) in [6.07, 6.45) is 35.3. The highest BCUT2D eigenvalue weighted by Crippen LogP contribution is 2.43. The Hall–Kier alpha value is -1.25. The maximum atomic E-state index is 12.5. The molecule has 9 nitrogen and oxygen atoms in total. The Morgan fingerprint density at radius 1 is 0.592 bits per heavy atom. The molecule has 0 amide bonds. The average Bonchev–Trinajstić information content (AvgIpc) is 3.08. The van der Waals surface area contributed by atoms with Gasteiger partial charge in [0.2, 0.25) is 0 Å². The van der Waals surface area contributed by atoms with E-state index in [-0.39, 0.29) is 38.6 Å². The smallest absolute Gasteiger partial charge is 0.462 e. The van der Waals surface area contributed by atoms with Gasteiger partial charge in [-0.3, -0.25) is 18.6 Å². The monoisotopic (exact) mass is 718 g/mol. The highest BCUT2D eigenvalue weighted by atomic mass is 31.2. The quantitative estimate of drug-likeness (QED) is 0.0277. The number of nitrogens with two attached hydrogens (primary N) is 1. The van der Waals surface area contributed by atoms with Crippen LogP contribution in [0, 0.1) is 0 Å². The number of ether oxygens (including phenoxy) is 2. The zero-order chi connectivity index (χ0) is 36.1. The minimum atomic E-state index is -4.37. The molecule has 0 aromatic heterocycles. The van der Waals surface area contributed by atoms with Crippen molar-refractivity contribution in [1.29, 1.82) is 0 Å². The average molecular weight is 718 g/mol. The molecule has 290 valence electrons. The highest BCUT2D eigenvalue weighted by molar-refractivity contribution is 7.47. The molecular formula is C39H76NO8P. The molecule has 10 heteroatoms. The van der Waals surface area contributed by atoms with E-state index in [1.54, 1.807) is 0 Å². The van der Waals surface area contributed by atoms with Gasteiger partial charge in [0.05, 0.1) is 13.2 Å². The lowest BCUT2D eigenvalue weighted by Crippen LogP contribution is -2.29. The number of phosphoric acid groups is 1. The molecule has 0 aromatic rings. The molecule has 0 fully saturated rings. The van der Waals surface area contributed by atoms with E-state index < -0.39 is 26.5 Å². The van der Waals surface area contributed by atoms with Crippen molar-refractivity contribution in [3.8, 4) is 0 Å². The van der Waals surface area contributed by atoms with Crippen molar-refractivity contribution >= 4 is 19.8 Å². The van der Waals surface area contributed by atoms with Gasteiger partial charge in [-0.1, -0.05) is 161 Å². The van der Waals surface area contributed by atoms with Crippen molar-refractivity contribution in [2.45, 2.75) is 200 Å². The molecule has 3 N–H and O–H groups in total. The van der Waals surface area contributed by atoms with E-state index >= 15 is 0 Å². The van der Waals surface area contributed by atoms with Gasteiger partial charge in [-0.15, -0.1) is 0 Å². The Balaban J connectivity index is 4.12. The Morgan fingerprint density at radius 2 is 1.02 bits per heavy atom. The van der Waals surface area contributed by atoms with E-state index in [2.05, 4.69) is 26.0 Å². The molecule has 2 unspecified atom stereocenters. The van der Waals surface area contributed by atoms with Gasteiger partial charge in [0, 0.05) is 19.4 Å². The van der Waals surface area contributed by atoms with Crippen molar-refractivity contribution in [2.24, 2.45) is 5.73 Å². The number of esters is 2.